The van der Waals surface area contributed by atoms with Crippen molar-refractivity contribution in [3.63, 3.8) is 0 Å². The molecule has 0 spiro atoms. The fourth-order valence-electron chi connectivity index (χ4n) is 4.33. The molecule has 170 valence electrons. The van der Waals surface area contributed by atoms with Crippen LogP contribution in [0.25, 0.3) is 10.9 Å². The Bertz CT molecular complexity index is 1260. The normalized spacial score (nSPS) is 12.0. The number of hydrogen-bond donors (Lipinski definition) is 1. The van der Waals surface area contributed by atoms with Gasteiger partial charge in [0, 0.05) is 57.0 Å². The second-order valence-corrected chi connectivity index (χ2v) is 8.48. The fourth-order valence-corrected chi connectivity index (χ4v) is 4.33. The zero-order chi connectivity index (χ0) is 23.4. The van der Waals surface area contributed by atoms with E-state index in [2.05, 4.69) is 17.4 Å². The van der Waals surface area contributed by atoms with Gasteiger partial charge in [0.25, 0.3) is 11.8 Å². The molecule has 0 bridgehead atoms. The van der Waals surface area contributed by atoms with Crippen molar-refractivity contribution in [2.45, 2.75) is 18.9 Å². The van der Waals surface area contributed by atoms with E-state index >= 15 is 0 Å². The first kappa shape index (κ1) is 22.4. The molecule has 2 amide bonds. The van der Waals surface area contributed by atoms with Gasteiger partial charge in [0.1, 0.15) is 5.69 Å². The molecule has 33 heavy (non-hydrogen) atoms. The van der Waals surface area contributed by atoms with E-state index in [1.165, 1.54) is 0 Å². The van der Waals surface area contributed by atoms with Crippen molar-refractivity contribution >= 4 is 22.7 Å². The number of likely N-dealkylation sites (N-methyl/N-ethyl adjacent to an activating group) is 1. The van der Waals surface area contributed by atoms with Crippen molar-refractivity contribution in [3.05, 3.63) is 95.9 Å². The highest BCUT2D eigenvalue weighted by atomic mass is 16.2. The summed E-state index contributed by atoms with van der Waals surface area (Å²) in [6, 6.07) is 21.7. The lowest BCUT2D eigenvalue weighted by Gasteiger charge is -2.28. The number of para-hydroxylation sites is 1. The molecule has 0 aliphatic carbocycles. The van der Waals surface area contributed by atoms with Gasteiger partial charge < -0.3 is 19.4 Å². The van der Waals surface area contributed by atoms with Crippen LogP contribution in [0.4, 0.5) is 0 Å². The molecule has 0 saturated heterocycles. The second kappa shape index (κ2) is 9.77. The van der Waals surface area contributed by atoms with Crippen molar-refractivity contribution in [1.29, 1.82) is 0 Å². The lowest BCUT2D eigenvalue weighted by atomic mass is 10.0. The summed E-state index contributed by atoms with van der Waals surface area (Å²) < 4.78 is 3.79. The molecule has 4 rings (SSSR count). The molecule has 1 atom stereocenters. The molecule has 2 aromatic heterocycles. The fraction of sp³-hybridized carbons (Fsp3) is 0.259. The lowest BCUT2D eigenvalue weighted by molar-refractivity contribution is 0.0724. The number of rotatable bonds is 8. The Hall–Kier alpha value is -3.80. The van der Waals surface area contributed by atoms with Gasteiger partial charge >= 0.3 is 0 Å². The third kappa shape index (κ3) is 4.85. The number of carbonyl (C=O) groups excluding carboxylic acids is 2. The number of aromatic nitrogens is 2. The molecular formula is C27H30N4O2. The minimum atomic E-state index is -0.107. The van der Waals surface area contributed by atoms with Crippen LogP contribution in [0.15, 0.2) is 79.1 Å². The molecule has 0 radical (unpaired) electrons. The molecule has 0 aliphatic rings. The van der Waals surface area contributed by atoms with E-state index in [0.29, 0.717) is 30.6 Å². The van der Waals surface area contributed by atoms with Gasteiger partial charge in [-0.2, -0.15) is 0 Å². The molecule has 0 fully saturated rings. The summed E-state index contributed by atoms with van der Waals surface area (Å²) in [5.74, 6) is -0.120. The number of aryl methyl sites for hydroxylation is 2. The molecule has 6 heteroatoms. The molecule has 0 aliphatic heterocycles. The third-order valence-corrected chi connectivity index (χ3v) is 6.25. The Labute approximate surface area is 194 Å². The van der Waals surface area contributed by atoms with Crippen LogP contribution >= 0.6 is 0 Å². The standard InChI is InChI=1S/C27H30N4O2/c1-29-17-9-14-25(29)26(32)28-16-15-21(18-20-10-5-4-6-11-20)31(3)27(33)23-19-30(2)24-13-8-7-12-22(23)24/h4-14,17,19,21H,15-16,18H2,1-3H3,(H,28,32). The number of amides is 2. The van der Waals surface area contributed by atoms with E-state index < -0.39 is 0 Å². The van der Waals surface area contributed by atoms with Gasteiger partial charge in [-0.05, 0) is 36.6 Å². The highest BCUT2D eigenvalue weighted by Gasteiger charge is 2.24. The van der Waals surface area contributed by atoms with Gasteiger partial charge in [-0.3, -0.25) is 9.59 Å². The van der Waals surface area contributed by atoms with E-state index in [1.54, 1.807) is 10.6 Å². The first-order valence-electron chi connectivity index (χ1n) is 11.2. The van der Waals surface area contributed by atoms with Crippen LogP contribution in [0.3, 0.4) is 0 Å². The predicted octanol–water partition coefficient (Wildman–Crippen LogP) is 4.02. The van der Waals surface area contributed by atoms with Crippen molar-refractivity contribution in [3.8, 4) is 0 Å². The molecule has 2 heterocycles. The number of carbonyl (C=O) groups is 2. The van der Waals surface area contributed by atoms with Crippen molar-refractivity contribution in [1.82, 2.24) is 19.4 Å². The number of nitrogens with zero attached hydrogens (tertiary/aromatic N) is 3. The topological polar surface area (TPSA) is 59.3 Å². The summed E-state index contributed by atoms with van der Waals surface area (Å²) in [6.45, 7) is 0.481. The zero-order valence-electron chi connectivity index (χ0n) is 19.4. The van der Waals surface area contributed by atoms with Crippen LogP contribution in [0.2, 0.25) is 0 Å². The van der Waals surface area contributed by atoms with Crippen LogP contribution in [-0.4, -0.2) is 45.5 Å². The van der Waals surface area contributed by atoms with Crippen LogP contribution < -0.4 is 5.32 Å². The monoisotopic (exact) mass is 442 g/mol. The van der Waals surface area contributed by atoms with Crippen molar-refractivity contribution in [2.24, 2.45) is 14.1 Å². The number of fused-ring (bicyclic) bond motifs is 1. The minimum absolute atomic E-state index is 0.0125. The van der Waals surface area contributed by atoms with Gasteiger partial charge in [0.2, 0.25) is 0 Å². The molecule has 1 N–H and O–H groups in total. The van der Waals surface area contributed by atoms with Crippen molar-refractivity contribution < 1.29 is 9.59 Å². The molecule has 1 unspecified atom stereocenters. The maximum atomic E-state index is 13.6. The van der Waals surface area contributed by atoms with Gasteiger partial charge in [-0.1, -0.05) is 48.5 Å². The Morgan fingerprint density at radius 2 is 1.67 bits per heavy atom. The Morgan fingerprint density at radius 3 is 2.39 bits per heavy atom. The zero-order valence-corrected chi connectivity index (χ0v) is 19.4. The van der Waals surface area contributed by atoms with E-state index in [4.69, 9.17) is 0 Å². The van der Waals surface area contributed by atoms with Crippen LogP contribution in [-0.2, 0) is 20.5 Å². The first-order chi connectivity index (χ1) is 16.0. The maximum Gasteiger partial charge on any atom is 0.267 e. The Morgan fingerprint density at radius 1 is 0.939 bits per heavy atom. The van der Waals surface area contributed by atoms with E-state index in [-0.39, 0.29) is 17.9 Å². The largest absolute Gasteiger partial charge is 0.351 e. The van der Waals surface area contributed by atoms with Crippen LogP contribution in [0.5, 0.6) is 0 Å². The SMILES string of the molecule is CN(C(=O)c1cn(C)c2ccccc12)C(CCNC(=O)c1cccn1C)Cc1ccccc1. The summed E-state index contributed by atoms with van der Waals surface area (Å²) in [4.78, 5) is 27.9. The summed E-state index contributed by atoms with van der Waals surface area (Å²) >= 11 is 0. The minimum Gasteiger partial charge on any atom is -0.351 e. The third-order valence-electron chi connectivity index (χ3n) is 6.25. The highest BCUT2D eigenvalue weighted by molar-refractivity contribution is 6.07. The number of benzene rings is 2. The number of nitrogens with one attached hydrogen (secondary N) is 1. The molecule has 0 saturated carbocycles. The Balaban J connectivity index is 1.52. The number of hydrogen-bond acceptors (Lipinski definition) is 2. The molecule has 6 nitrogen and oxygen atoms in total. The summed E-state index contributed by atoms with van der Waals surface area (Å²) in [6.07, 6.45) is 5.12. The molecular weight excluding hydrogens is 412 g/mol. The predicted molar refractivity (Wildman–Crippen MR) is 131 cm³/mol. The highest BCUT2D eigenvalue weighted by Crippen LogP contribution is 2.23. The van der Waals surface area contributed by atoms with Crippen LogP contribution in [0.1, 0.15) is 32.8 Å². The summed E-state index contributed by atoms with van der Waals surface area (Å²) in [7, 11) is 5.67. The lowest BCUT2D eigenvalue weighted by Crippen LogP contribution is -2.41. The second-order valence-electron chi connectivity index (χ2n) is 8.48. The molecule has 2 aromatic carbocycles. The maximum absolute atomic E-state index is 13.6. The van der Waals surface area contributed by atoms with E-state index in [9.17, 15) is 9.59 Å². The van der Waals surface area contributed by atoms with E-state index in [1.807, 2.05) is 91.5 Å². The first-order valence-corrected chi connectivity index (χ1v) is 11.2. The van der Waals surface area contributed by atoms with Gasteiger partial charge in [0.15, 0.2) is 0 Å². The van der Waals surface area contributed by atoms with Crippen LogP contribution in [0, 0.1) is 0 Å². The van der Waals surface area contributed by atoms with Gasteiger partial charge in [0.05, 0.1) is 5.56 Å². The summed E-state index contributed by atoms with van der Waals surface area (Å²) in [5, 5.41) is 3.96. The quantitative estimate of drug-likeness (QED) is 0.448. The Kier molecular flexibility index (Phi) is 6.63. The smallest absolute Gasteiger partial charge is 0.267 e. The van der Waals surface area contributed by atoms with Gasteiger partial charge in [-0.25, -0.2) is 0 Å². The average molecular weight is 443 g/mol. The molecule has 4 aromatic rings. The summed E-state index contributed by atoms with van der Waals surface area (Å²) in [5.41, 5.74) is 3.51. The van der Waals surface area contributed by atoms with Crippen molar-refractivity contribution in [2.75, 3.05) is 13.6 Å². The van der Waals surface area contributed by atoms with Gasteiger partial charge in [-0.15, -0.1) is 0 Å². The van der Waals surface area contributed by atoms with E-state index in [0.717, 1.165) is 16.5 Å². The average Bonchev–Trinajstić information content (AvgIpc) is 3.41.